The van der Waals surface area contributed by atoms with E-state index >= 15 is 0 Å². The Bertz CT molecular complexity index is 866. The normalized spacial score (nSPS) is 18.2. The molecule has 0 bridgehead atoms. The summed E-state index contributed by atoms with van der Waals surface area (Å²) in [5.74, 6) is 0.596. The zero-order chi connectivity index (χ0) is 19.3. The fourth-order valence-corrected chi connectivity index (χ4v) is 6.10. The van der Waals surface area contributed by atoms with E-state index in [0.29, 0.717) is 23.7 Å². The Morgan fingerprint density at radius 2 is 2.15 bits per heavy atom. The van der Waals surface area contributed by atoms with Crippen LogP contribution >= 0.6 is 11.3 Å². The highest BCUT2D eigenvalue weighted by molar-refractivity contribution is 7.91. The molecular weight excluding hydrogens is 384 g/mol. The van der Waals surface area contributed by atoms with Gasteiger partial charge in [0.15, 0.2) is 0 Å². The summed E-state index contributed by atoms with van der Waals surface area (Å²) in [6.45, 7) is 0.856. The van der Waals surface area contributed by atoms with Gasteiger partial charge in [-0.2, -0.15) is 4.31 Å². The van der Waals surface area contributed by atoms with Gasteiger partial charge in [-0.25, -0.2) is 8.42 Å². The average molecular weight is 409 g/mol. The SMILES string of the molecule is COc1cccc(CNC(=O)C[C@H]2CCCCN2S(=O)(=O)c2cccs2)c1. The summed E-state index contributed by atoms with van der Waals surface area (Å²) in [4.78, 5) is 12.4. The highest BCUT2D eigenvalue weighted by Crippen LogP contribution is 2.29. The van der Waals surface area contributed by atoms with Gasteiger partial charge >= 0.3 is 0 Å². The largest absolute Gasteiger partial charge is 0.497 e. The van der Waals surface area contributed by atoms with E-state index in [-0.39, 0.29) is 18.4 Å². The van der Waals surface area contributed by atoms with Gasteiger partial charge in [-0.15, -0.1) is 11.3 Å². The van der Waals surface area contributed by atoms with Crippen molar-refractivity contribution in [2.45, 2.75) is 42.5 Å². The molecule has 1 aliphatic rings. The van der Waals surface area contributed by atoms with E-state index < -0.39 is 10.0 Å². The summed E-state index contributed by atoms with van der Waals surface area (Å²) >= 11 is 1.21. The highest BCUT2D eigenvalue weighted by Gasteiger charge is 2.35. The minimum absolute atomic E-state index is 0.143. The number of thiophene rings is 1. The zero-order valence-electron chi connectivity index (χ0n) is 15.3. The third-order valence-corrected chi connectivity index (χ3v) is 8.00. The van der Waals surface area contributed by atoms with Crippen LogP contribution in [0.4, 0.5) is 0 Å². The standard InChI is InChI=1S/C19H24N2O4S2/c1-25-17-8-4-6-15(12-17)14-20-18(22)13-16-7-2-3-10-21(16)27(23,24)19-9-5-11-26-19/h4-6,8-9,11-12,16H,2-3,7,10,13-14H2,1H3,(H,20,22)/t16-/m1/s1. The first-order valence-corrected chi connectivity index (χ1v) is 11.3. The van der Waals surface area contributed by atoms with Gasteiger partial charge in [0.05, 0.1) is 7.11 Å². The maximum absolute atomic E-state index is 12.9. The van der Waals surface area contributed by atoms with Gasteiger partial charge < -0.3 is 10.1 Å². The van der Waals surface area contributed by atoms with E-state index in [1.54, 1.807) is 24.6 Å². The molecule has 3 rings (SSSR count). The van der Waals surface area contributed by atoms with E-state index in [2.05, 4.69) is 5.32 Å². The number of hydrogen-bond donors (Lipinski definition) is 1. The van der Waals surface area contributed by atoms with E-state index in [4.69, 9.17) is 4.74 Å². The molecule has 1 N–H and O–H groups in total. The number of hydrogen-bond acceptors (Lipinski definition) is 5. The molecule has 0 saturated carbocycles. The maximum Gasteiger partial charge on any atom is 0.252 e. The van der Waals surface area contributed by atoms with Crippen molar-refractivity contribution < 1.29 is 17.9 Å². The molecule has 2 heterocycles. The Morgan fingerprint density at radius 1 is 1.30 bits per heavy atom. The second kappa shape index (κ2) is 8.86. The molecule has 0 spiro atoms. The molecule has 6 nitrogen and oxygen atoms in total. The molecule has 0 unspecified atom stereocenters. The molecule has 1 saturated heterocycles. The summed E-state index contributed by atoms with van der Waals surface area (Å²) in [6.07, 6.45) is 2.64. The first kappa shape index (κ1) is 19.9. The zero-order valence-corrected chi connectivity index (χ0v) is 16.9. The van der Waals surface area contributed by atoms with Crippen LogP contribution in [0.2, 0.25) is 0 Å². The lowest BCUT2D eigenvalue weighted by atomic mass is 10.0. The van der Waals surface area contributed by atoms with Crippen molar-refractivity contribution in [1.29, 1.82) is 0 Å². The molecule has 1 aromatic carbocycles. The number of amides is 1. The Balaban J connectivity index is 1.63. The Hall–Kier alpha value is -1.90. The summed E-state index contributed by atoms with van der Waals surface area (Å²) in [6, 6.07) is 10.6. The number of piperidine rings is 1. The molecule has 8 heteroatoms. The predicted molar refractivity (Wildman–Crippen MR) is 105 cm³/mol. The van der Waals surface area contributed by atoms with Crippen molar-refractivity contribution >= 4 is 27.3 Å². The summed E-state index contributed by atoms with van der Waals surface area (Å²) in [7, 11) is -1.93. The quantitative estimate of drug-likeness (QED) is 0.764. The molecule has 2 aromatic rings. The number of sulfonamides is 1. The second-order valence-corrected chi connectivity index (χ2v) is 9.59. The van der Waals surface area contributed by atoms with Crippen LogP contribution in [0, 0.1) is 0 Å². The lowest BCUT2D eigenvalue weighted by Crippen LogP contribution is -2.45. The lowest BCUT2D eigenvalue weighted by molar-refractivity contribution is -0.122. The van der Waals surface area contributed by atoms with Crippen molar-refractivity contribution in [3.63, 3.8) is 0 Å². The molecule has 27 heavy (non-hydrogen) atoms. The van der Waals surface area contributed by atoms with Crippen molar-refractivity contribution in [2.75, 3.05) is 13.7 Å². The second-order valence-electron chi connectivity index (χ2n) is 6.53. The van der Waals surface area contributed by atoms with E-state index in [9.17, 15) is 13.2 Å². The van der Waals surface area contributed by atoms with Crippen molar-refractivity contribution in [3.05, 3.63) is 47.3 Å². The summed E-state index contributed by atoms with van der Waals surface area (Å²) in [5, 5.41) is 4.65. The van der Waals surface area contributed by atoms with E-state index in [1.807, 2.05) is 24.3 Å². The highest BCUT2D eigenvalue weighted by atomic mass is 32.2. The Labute approximate surface area is 164 Å². The Kier molecular flexibility index (Phi) is 6.51. The molecule has 1 aliphatic heterocycles. The number of methoxy groups -OCH3 is 1. The minimum atomic E-state index is -3.53. The molecule has 0 aliphatic carbocycles. The van der Waals surface area contributed by atoms with Gasteiger partial charge in [0, 0.05) is 25.6 Å². The average Bonchev–Trinajstić information content (AvgIpc) is 3.23. The lowest BCUT2D eigenvalue weighted by Gasteiger charge is -2.34. The molecular formula is C19H24N2O4S2. The topological polar surface area (TPSA) is 75.7 Å². The third-order valence-electron chi connectivity index (χ3n) is 4.68. The van der Waals surface area contributed by atoms with Crippen LogP contribution in [0.15, 0.2) is 46.0 Å². The molecule has 1 aromatic heterocycles. The van der Waals surface area contributed by atoms with Crippen LogP contribution in [-0.4, -0.2) is 38.3 Å². The minimum Gasteiger partial charge on any atom is -0.497 e. The molecule has 146 valence electrons. The number of carbonyl (C=O) groups is 1. The monoisotopic (exact) mass is 408 g/mol. The molecule has 0 radical (unpaired) electrons. The fourth-order valence-electron chi connectivity index (χ4n) is 3.29. The summed E-state index contributed by atoms with van der Waals surface area (Å²) < 4.78 is 32.8. The van der Waals surface area contributed by atoms with Gasteiger partial charge in [-0.3, -0.25) is 4.79 Å². The Morgan fingerprint density at radius 3 is 2.89 bits per heavy atom. The van der Waals surface area contributed by atoms with Gasteiger partial charge in [0.25, 0.3) is 10.0 Å². The van der Waals surface area contributed by atoms with Gasteiger partial charge in [-0.1, -0.05) is 24.6 Å². The van der Waals surface area contributed by atoms with Gasteiger partial charge in [-0.05, 0) is 42.0 Å². The molecule has 1 amide bonds. The summed E-state index contributed by atoms with van der Waals surface area (Å²) in [5.41, 5.74) is 0.939. The number of carbonyl (C=O) groups excluding carboxylic acids is 1. The van der Waals surface area contributed by atoms with Crippen molar-refractivity contribution in [2.24, 2.45) is 0 Å². The first-order chi connectivity index (χ1) is 13.0. The number of nitrogens with one attached hydrogen (secondary N) is 1. The van der Waals surface area contributed by atoms with Gasteiger partial charge in [0.1, 0.15) is 9.96 Å². The van der Waals surface area contributed by atoms with Gasteiger partial charge in [0.2, 0.25) is 5.91 Å². The van der Waals surface area contributed by atoms with Crippen LogP contribution in [0.25, 0.3) is 0 Å². The van der Waals surface area contributed by atoms with Crippen molar-refractivity contribution in [1.82, 2.24) is 9.62 Å². The van der Waals surface area contributed by atoms with E-state index in [0.717, 1.165) is 24.2 Å². The number of ether oxygens (including phenoxy) is 1. The van der Waals surface area contributed by atoms with Crippen LogP contribution < -0.4 is 10.1 Å². The molecule has 1 fully saturated rings. The fraction of sp³-hybridized carbons (Fsp3) is 0.421. The number of benzene rings is 1. The number of nitrogens with zero attached hydrogens (tertiary/aromatic N) is 1. The van der Waals surface area contributed by atoms with Crippen LogP contribution in [0.1, 0.15) is 31.2 Å². The smallest absolute Gasteiger partial charge is 0.252 e. The third kappa shape index (κ3) is 4.88. The van der Waals surface area contributed by atoms with Crippen molar-refractivity contribution in [3.8, 4) is 5.75 Å². The number of rotatable bonds is 7. The molecule has 1 atom stereocenters. The predicted octanol–water partition coefficient (Wildman–Crippen LogP) is 3.01. The van der Waals surface area contributed by atoms with Crippen LogP contribution in [0.3, 0.4) is 0 Å². The first-order valence-electron chi connectivity index (χ1n) is 8.95. The maximum atomic E-state index is 12.9. The van der Waals surface area contributed by atoms with Crippen LogP contribution in [-0.2, 0) is 21.4 Å². The van der Waals surface area contributed by atoms with E-state index in [1.165, 1.54) is 15.6 Å². The van der Waals surface area contributed by atoms with Crippen LogP contribution in [0.5, 0.6) is 5.75 Å².